The number of ether oxygens (including phenoxy) is 3. The molecule has 0 aliphatic carbocycles. The summed E-state index contributed by atoms with van der Waals surface area (Å²) < 4.78 is 15.4. The van der Waals surface area contributed by atoms with E-state index in [9.17, 15) is 9.59 Å². The summed E-state index contributed by atoms with van der Waals surface area (Å²) in [6.45, 7) is 2.48. The van der Waals surface area contributed by atoms with E-state index in [-0.39, 0.29) is 18.6 Å². The molecule has 26 heavy (non-hydrogen) atoms. The third-order valence-corrected chi connectivity index (χ3v) is 4.61. The molecule has 0 radical (unpaired) electrons. The quantitative estimate of drug-likeness (QED) is 0.558. The van der Waals surface area contributed by atoms with Gasteiger partial charge < -0.3 is 19.1 Å². The van der Waals surface area contributed by atoms with Crippen molar-refractivity contribution in [3.8, 4) is 11.5 Å². The minimum atomic E-state index is -0.589. The molecule has 142 valence electrons. The second kappa shape index (κ2) is 9.48. The standard InChI is InChI=1S/C19H24ClNO5/c1-13-6-4-5-9-21(13)17(22)12-26-18(23)8-7-14-10-15(20)19(25-3)16(11-14)24-2/h7-8,10-11,13H,4-6,9,12H2,1-3H3/b8-7+/t13-/m0/s1. The number of esters is 1. The summed E-state index contributed by atoms with van der Waals surface area (Å²) in [4.78, 5) is 25.8. The molecule has 1 aromatic carbocycles. The van der Waals surface area contributed by atoms with E-state index in [1.807, 2.05) is 6.92 Å². The number of methoxy groups -OCH3 is 2. The van der Waals surface area contributed by atoms with Crippen molar-refractivity contribution in [3.05, 3.63) is 28.8 Å². The van der Waals surface area contributed by atoms with E-state index in [0.29, 0.717) is 22.1 Å². The number of carbonyl (C=O) groups excluding carboxylic acids is 2. The zero-order valence-corrected chi connectivity index (χ0v) is 16.0. The van der Waals surface area contributed by atoms with Gasteiger partial charge in [0.1, 0.15) is 0 Å². The van der Waals surface area contributed by atoms with Gasteiger partial charge in [-0.1, -0.05) is 11.6 Å². The van der Waals surface area contributed by atoms with Crippen LogP contribution in [0.3, 0.4) is 0 Å². The monoisotopic (exact) mass is 381 g/mol. The van der Waals surface area contributed by atoms with Crippen molar-refractivity contribution in [2.45, 2.75) is 32.2 Å². The predicted octanol–water partition coefficient (Wildman–Crippen LogP) is 3.31. The Balaban J connectivity index is 1.93. The minimum Gasteiger partial charge on any atom is -0.493 e. The molecule has 0 unspecified atom stereocenters. The molecule has 1 amide bonds. The molecule has 7 heteroatoms. The number of benzene rings is 1. The SMILES string of the molecule is COc1cc(/C=C/C(=O)OCC(=O)N2CCCC[C@@H]2C)cc(Cl)c1OC. The molecule has 6 nitrogen and oxygen atoms in total. The van der Waals surface area contributed by atoms with Crippen LogP contribution in [0.25, 0.3) is 6.08 Å². The second-order valence-electron chi connectivity index (χ2n) is 6.11. The summed E-state index contributed by atoms with van der Waals surface area (Å²) >= 11 is 6.13. The van der Waals surface area contributed by atoms with Gasteiger partial charge in [0.15, 0.2) is 18.1 Å². The first-order valence-corrected chi connectivity index (χ1v) is 8.90. The Kier molecular flexibility index (Phi) is 7.33. The Morgan fingerprint density at radius 2 is 2.04 bits per heavy atom. The van der Waals surface area contributed by atoms with Crippen LogP contribution in [0.15, 0.2) is 18.2 Å². The first-order valence-electron chi connectivity index (χ1n) is 8.52. The molecule has 0 saturated carbocycles. The number of hydrogen-bond donors (Lipinski definition) is 0. The van der Waals surface area contributed by atoms with E-state index < -0.39 is 5.97 Å². The summed E-state index contributed by atoms with van der Waals surface area (Å²) in [5, 5.41) is 0.370. The Morgan fingerprint density at radius 1 is 1.27 bits per heavy atom. The molecule has 1 atom stereocenters. The third-order valence-electron chi connectivity index (χ3n) is 4.33. The van der Waals surface area contributed by atoms with Crippen molar-refractivity contribution in [2.75, 3.05) is 27.4 Å². The van der Waals surface area contributed by atoms with Gasteiger partial charge in [0, 0.05) is 18.7 Å². The lowest BCUT2D eigenvalue weighted by atomic mass is 10.0. The number of amides is 1. The molecule has 1 aliphatic heterocycles. The average Bonchev–Trinajstić information content (AvgIpc) is 2.64. The van der Waals surface area contributed by atoms with E-state index >= 15 is 0 Å². The smallest absolute Gasteiger partial charge is 0.331 e. The van der Waals surface area contributed by atoms with Gasteiger partial charge in [-0.2, -0.15) is 0 Å². The number of carbonyl (C=O) groups is 2. The van der Waals surface area contributed by atoms with E-state index in [1.165, 1.54) is 20.3 Å². The largest absolute Gasteiger partial charge is 0.493 e. The highest BCUT2D eigenvalue weighted by molar-refractivity contribution is 6.32. The molecule has 1 saturated heterocycles. The van der Waals surface area contributed by atoms with E-state index in [2.05, 4.69) is 0 Å². The second-order valence-corrected chi connectivity index (χ2v) is 6.52. The van der Waals surface area contributed by atoms with Crippen LogP contribution in [-0.4, -0.2) is 50.2 Å². The lowest BCUT2D eigenvalue weighted by molar-refractivity contribution is -0.149. The predicted molar refractivity (Wildman–Crippen MR) is 99.6 cm³/mol. The molecule has 1 heterocycles. The van der Waals surface area contributed by atoms with Gasteiger partial charge in [-0.05, 0) is 50.0 Å². The molecule has 0 spiro atoms. The fraction of sp³-hybridized carbons (Fsp3) is 0.474. The number of hydrogen-bond acceptors (Lipinski definition) is 5. The lowest BCUT2D eigenvalue weighted by Crippen LogP contribution is -2.44. The normalized spacial score (nSPS) is 17.2. The Hall–Kier alpha value is -2.21. The number of likely N-dealkylation sites (tertiary alicyclic amines) is 1. The molecule has 1 aromatic rings. The van der Waals surface area contributed by atoms with E-state index in [0.717, 1.165) is 25.8 Å². The van der Waals surface area contributed by atoms with Gasteiger partial charge in [-0.15, -0.1) is 0 Å². The Bertz CT molecular complexity index is 689. The van der Waals surface area contributed by atoms with Gasteiger partial charge in [0.05, 0.1) is 19.2 Å². The van der Waals surface area contributed by atoms with Crippen LogP contribution in [0.2, 0.25) is 5.02 Å². The fourth-order valence-electron chi connectivity index (χ4n) is 2.93. The summed E-state index contributed by atoms with van der Waals surface area (Å²) in [6.07, 6.45) is 5.90. The van der Waals surface area contributed by atoms with Gasteiger partial charge in [0.2, 0.25) is 0 Å². The summed E-state index contributed by atoms with van der Waals surface area (Å²) in [5.74, 6) is 0.138. The van der Waals surface area contributed by atoms with Gasteiger partial charge >= 0.3 is 5.97 Å². The number of piperidine rings is 1. The van der Waals surface area contributed by atoms with Gasteiger partial charge in [-0.25, -0.2) is 4.79 Å². The molecule has 1 aliphatic rings. The molecular formula is C19H24ClNO5. The zero-order chi connectivity index (χ0) is 19.1. The summed E-state index contributed by atoms with van der Waals surface area (Å²) in [7, 11) is 3.00. The van der Waals surface area contributed by atoms with Gasteiger partial charge in [-0.3, -0.25) is 4.79 Å². The van der Waals surface area contributed by atoms with Crippen LogP contribution in [0.1, 0.15) is 31.7 Å². The minimum absolute atomic E-state index is 0.159. The number of nitrogens with zero attached hydrogens (tertiary/aromatic N) is 1. The molecule has 2 rings (SSSR count). The van der Waals surface area contributed by atoms with Crippen LogP contribution in [0.5, 0.6) is 11.5 Å². The topological polar surface area (TPSA) is 65.1 Å². The van der Waals surface area contributed by atoms with Crippen molar-refractivity contribution >= 4 is 29.6 Å². The lowest BCUT2D eigenvalue weighted by Gasteiger charge is -2.33. The van der Waals surface area contributed by atoms with E-state index in [1.54, 1.807) is 23.1 Å². The van der Waals surface area contributed by atoms with Crippen LogP contribution in [0.4, 0.5) is 0 Å². The third kappa shape index (κ3) is 5.14. The number of halogens is 1. The molecule has 1 fully saturated rings. The van der Waals surface area contributed by atoms with Crippen molar-refractivity contribution in [1.29, 1.82) is 0 Å². The maximum Gasteiger partial charge on any atom is 0.331 e. The van der Waals surface area contributed by atoms with Crippen molar-refractivity contribution in [1.82, 2.24) is 4.90 Å². The highest BCUT2D eigenvalue weighted by Gasteiger charge is 2.23. The van der Waals surface area contributed by atoms with E-state index in [4.69, 9.17) is 25.8 Å². The van der Waals surface area contributed by atoms with Crippen LogP contribution in [0, 0.1) is 0 Å². The van der Waals surface area contributed by atoms with Crippen molar-refractivity contribution in [2.24, 2.45) is 0 Å². The van der Waals surface area contributed by atoms with Crippen LogP contribution < -0.4 is 9.47 Å². The van der Waals surface area contributed by atoms with Gasteiger partial charge in [0.25, 0.3) is 5.91 Å². The van der Waals surface area contributed by atoms with Crippen LogP contribution in [-0.2, 0) is 14.3 Å². The Morgan fingerprint density at radius 3 is 2.69 bits per heavy atom. The molecular weight excluding hydrogens is 358 g/mol. The first kappa shape index (κ1) is 20.1. The Labute approximate surface area is 158 Å². The maximum atomic E-state index is 12.2. The molecule has 0 N–H and O–H groups in total. The van der Waals surface area contributed by atoms with Crippen LogP contribution >= 0.6 is 11.6 Å². The highest BCUT2D eigenvalue weighted by Crippen LogP contribution is 2.36. The number of rotatable bonds is 6. The molecule has 0 bridgehead atoms. The first-order chi connectivity index (χ1) is 12.5. The fourth-order valence-corrected chi connectivity index (χ4v) is 3.23. The highest BCUT2D eigenvalue weighted by atomic mass is 35.5. The summed E-state index contributed by atoms with van der Waals surface area (Å²) in [6, 6.07) is 3.53. The average molecular weight is 382 g/mol. The maximum absolute atomic E-state index is 12.2. The van der Waals surface area contributed by atoms with Crippen molar-refractivity contribution in [3.63, 3.8) is 0 Å². The zero-order valence-electron chi connectivity index (χ0n) is 15.3. The molecule has 0 aromatic heterocycles. The summed E-state index contributed by atoms with van der Waals surface area (Å²) in [5.41, 5.74) is 0.653. The van der Waals surface area contributed by atoms with Crippen molar-refractivity contribution < 1.29 is 23.8 Å².